The molecule has 19 heavy (non-hydrogen) atoms. The van der Waals surface area contributed by atoms with Crippen molar-refractivity contribution >= 4 is 5.69 Å². The highest BCUT2D eigenvalue weighted by molar-refractivity contribution is 5.73. The topological polar surface area (TPSA) is 35.2 Å². The lowest BCUT2D eigenvalue weighted by Crippen LogP contribution is -2.17. The van der Waals surface area contributed by atoms with E-state index in [2.05, 4.69) is 4.74 Å². The van der Waals surface area contributed by atoms with E-state index in [1.807, 2.05) is 0 Å². The lowest BCUT2D eigenvalue weighted by Gasteiger charge is -2.13. The second-order valence-corrected chi connectivity index (χ2v) is 3.82. The van der Waals surface area contributed by atoms with Crippen LogP contribution in [0.3, 0.4) is 0 Å². The van der Waals surface area contributed by atoms with Gasteiger partial charge in [-0.15, -0.1) is 13.2 Å². The van der Waals surface area contributed by atoms with E-state index in [0.29, 0.717) is 0 Å². The molecule has 0 aromatic heterocycles. The summed E-state index contributed by atoms with van der Waals surface area (Å²) in [6, 6.07) is 9.03. The van der Waals surface area contributed by atoms with Crippen molar-refractivity contribution in [2.45, 2.75) is 6.36 Å². The summed E-state index contributed by atoms with van der Waals surface area (Å²) < 4.78 is 54.0. The van der Waals surface area contributed by atoms with E-state index in [-0.39, 0.29) is 16.8 Å². The van der Waals surface area contributed by atoms with Gasteiger partial charge in [-0.25, -0.2) is 4.39 Å². The molecule has 0 unspecified atom stereocenters. The third-order valence-electron chi connectivity index (χ3n) is 2.34. The molecule has 100 valence electrons. The predicted octanol–water partition coefficient (Wildman–Crippen LogP) is 3.97. The lowest BCUT2D eigenvalue weighted by molar-refractivity contribution is -0.274. The number of rotatable bonds is 2. The van der Waals surface area contributed by atoms with Gasteiger partial charge in [0.2, 0.25) is 0 Å². The van der Waals surface area contributed by atoms with Crippen LogP contribution >= 0.6 is 0 Å². The maximum atomic E-state index is 13.2. The zero-order chi connectivity index (χ0) is 14.0. The Balaban J connectivity index is 2.50. The Bertz CT molecular complexity index is 575. The minimum absolute atomic E-state index is 0.117. The standard InChI is InChI=1S/C13H9F4NO/c14-9-5-8(6-10(18)7-9)11-3-1-2-4-12(11)19-13(15,16)17/h1-7H,18H2. The van der Waals surface area contributed by atoms with Crippen LogP contribution in [-0.4, -0.2) is 6.36 Å². The van der Waals surface area contributed by atoms with Crippen LogP contribution in [0.1, 0.15) is 0 Å². The minimum atomic E-state index is -4.81. The molecule has 0 bridgehead atoms. The lowest BCUT2D eigenvalue weighted by atomic mass is 10.0. The molecule has 0 fully saturated rings. The molecule has 0 saturated heterocycles. The van der Waals surface area contributed by atoms with Gasteiger partial charge in [-0.3, -0.25) is 0 Å². The van der Waals surface area contributed by atoms with Gasteiger partial charge in [-0.2, -0.15) is 0 Å². The first-order valence-corrected chi connectivity index (χ1v) is 5.26. The highest BCUT2D eigenvalue weighted by Gasteiger charge is 2.32. The smallest absolute Gasteiger partial charge is 0.405 e. The number of anilines is 1. The molecule has 0 saturated carbocycles. The van der Waals surface area contributed by atoms with Crippen LogP contribution in [-0.2, 0) is 0 Å². The zero-order valence-corrected chi connectivity index (χ0v) is 9.54. The summed E-state index contributed by atoms with van der Waals surface area (Å²) in [5.41, 5.74) is 5.93. The van der Waals surface area contributed by atoms with Gasteiger partial charge in [0.15, 0.2) is 0 Å². The first-order valence-electron chi connectivity index (χ1n) is 5.26. The molecule has 0 amide bonds. The first kappa shape index (κ1) is 13.2. The number of alkyl halides is 3. The van der Waals surface area contributed by atoms with Crippen LogP contribution in [0.4, 0.5) is 23.2 Å². The van der Waals surface area contributed by atoms with E-state index in [9.17, 15) is 17.6 Å². The molecule has 0 aliphatic heterocycles. The van der Waals surface area contributed by atoms with Crippen molar-refractivity contribution < 1.29 is 22.3 Å². The van der Waals surface area contributed by atoms with E-state index in [4.69, 9.17) is 5.73 Å². The predicted molar refractivity (Wildman–Crippen MR) is 62.9 cm³/mol. The quantitative estimate of drug-likeness (QED) is 0.662. The largest absolute Gasteiger partial charge is 0.573 e. The van der Waals surface area contributed by atoms with E-state index in [1.165, 1.54) is 24.3 Å². The Labute approximate surface area is 106 Å². The molecule has 2 nitrogen and oxygen atoms in total. The van der Waals surface area contributed by atoms with Crippen molar-refractivity contribution in [1.29, 1.82) is 0 Å². The first-order chi connectivity index (χ1) is 8.85. The average Bonchev–Trinajstić information content (AvgIpc) is 2.26. The summed E-state index contributed by atoms with van der Waals surface area (Å²) >= 11 is 0. The Hall–Kier alpha value is -2.24. The SMILES string of the molecule is Nc1cc(F)cc(-c2ccccc2OC(F)(F)F)c1. The van der Waals surface area contributed by atoms with Gasteiger partial charge in [0.05, 0.1) is 0 Å². The molecule has 2 aromatic rings. The molecule has 0 atom stereocenters. The maximum Gasteiger partial charge on any atom is 0.573 e. The molecule has 2 N–H and O–H groups in total. The Morgan fingerprint density at radius 2 is 1.68 bits per heavy atom. The summed E-state index contributed by atoms with van der Waals surface area (Å²) in [4.78, 5) is 0. The van der Waals surface area contributed by atoms with Gasteiger partial charge in [-0.05, 0) is 29.8 Å². The number of hydrogen-bond donors (Lipinski definition) is 1. The minimum Gasteiger partial charge on any atom is -0.405 e. The molecule has 6 heteroatoms. The van der Waals surface area contributed by atoms with E-state index < -0.39 is 17.9 Å². The van der Waals surface area contributed by atoms with Crippen LogP contribution < -0.4 is 10.5 Å². The molecule has 2 rings (SSSR count). The van der Waals surface area contributed by atoms with E-state index in [0.717, 1.165) is 18.2 Å². The third kappa shape index (κ3) is 3.37. The van der Waals surface area contributed by atoms with Crippen LogP contribution in [0.2, 0.25) is 0 Å². The second-order valence-electron chi connectivity index (χ2n) is 3.82. The number of para-hydroxylation sites is 1. The molecule has 0 spiro atoms. The summed E-state index contributed by atoms with van der Waals surface area (Å²) in [7, 11) is 0. The van der Waals surface area contributed by atoms with Crippen LogP contribution in [0.15, 0.2) is 42.5 Å². The number of hydrogen-bond acceptors (Lipinski definition) is 2. The number of nitrogens with two attached hydrogens (primary N) is 1. The van der Waals surface area contributed by atoms with Crippen LogP contribution in [0, 0.1) is 5.82 Å². The highest BCUT2D eigenvalue weighted by atomic mass is 19.4. The Kier molecular flexibility index (Phi) is 3.33. The van der Waals surface area contributed by atoms with Crippen molar-refractivity contribution in [1.82, 2.24) is 0 Å². The van der Waals surface area contributed by atoms with Crippen LogP contribution in [0.5, 0.6) is 5.75 Å². The Morgan fingerprint density at radius 3 is 2.32 bits per heavy atom. The van der Waals surface area contributed by atoms with Crippen LogP contribution in [0.25, 0.3) is 11.1 Å². The van der Waals surface area contributed by atoms with Gasteiger partial charge in [0.1, 0.15) is 11.6 Å². The molecular formula is C13H9F4NO. The third-order valence-corrected chi connectivity index (χ3v) is 2.34. The highest BCUT2D eigenvalue weighted by Crippen LogP contribution is 2.34. The maximum absolute atomic E-state index is 13.2. The fourth-order valence-electron chi connectivity index (χ4n) is 1.69. The van der Waals surface area contributed by atoms with Crippen molar-refractivity contribution in [3.63, 3.8) is 0 Å². The van der Waals surface area contributed by atoms with Crippen molar-refractivity contribution in [2.75, 3.05) is 5.73 Å². The molecule has 0 radical (unpaired) electrons. The van der Waals surface area contributed by atoms with Gasteiger partial charge >= 0.3 is 6.36 Å². The number of nitrogen functional groups attached to an aromatic ring is 1. The van der Waals surface area contributed by atoms with E-state index >= 15 is 0 Å². The van der Waals surface area contributed by atoms with Gasteiger partial charge in [0, 0.05) is 11.3 Å². The van der Waals surface area contributed by atoms with Gasteiger partial charge in [-0.1, -0.05) is 18.2 Å². The fourth-order valence-corrected chi connectivity index (χ4v) is 1.69. The molecular weight excluding hydrogens is 262 g/mol. The summed E-state index contributed by atoms with van der Waals surface area (Å²) in [5, 5.41) is 0. The number of halogens is 4. The fraction of sp³-hybridized carbons (Fsp3) is 0.0769. The number of benzene rings is 2. The van der Waals surface area contributed by atoms with Gasteiger partial charge < -0.3 is 10.5 Å². The molecule has 2 aromatic carbocycles. The monoisotopic (exact) mass is 271 g/mol. The normalized spacial score (nSPS) is 11.4. The second kappa shape index (κ2) is 4.79. The van der Waals surface area contributed by atoms with Gasteiger partial charge in [0.25, 0.3) is 0 Å². The van der Waals surface area contributed by atoms with Crippen molar-refractivity contribution in [2.24, 2.45) is 0 Å². The molecule has 0 aliphatic carbocycles. The Morgan fingerprint density at radius 1 is 1.00 bits per heavy atom. The van der Waals surface area contributed by atoms with Crippen molar-refractivity contribution in [3.05, 3.63) is 48.3 Å². The molecule has 0 heterocycles. The van der Waals surface area contributed by atoms with Crippen molar-refractivity contribution in [3.8, 4) is 16.9 Å². The number of ether oxygens (including phenoxy) is 1. The van der Waals surface area contributed by atoms with E-state index in [1.54, 1.807) is 0 Å². The summed E-state index contributed by atoms with van der Waals surface area (Å²) in [6.07, 6.45) is -4.81. The summed E-state index contributed by atoms with van der Waals surface area (Å²) in [6.45, 7) is 0. The summed E-state index contributed by atoms with van der Waals surface area (Å²) in [5.74, 6) is -1.03. The zero-order valence-electron chi connectivity index (χ0n) is 9.54. The average molecular weight is 271 g/mol. The molecule has 0 aliphatic rings.